The summed E-state index contributed by atoms with van der Waals surface area (Å²) in [5, 5.41) is 4.38. The first-order chi connectivity index (χ1) is 9.90. The fourth-order valence-corrected chi connectivity index (χ4v) is 2.86. The maximum Gasteiger partial charge on any atom is 0.276 e. The first-order valence-electron chi connectivity index (χ1n) is 5.64. The number of hydrazone groups is 1. The minimum Gasteiger partial charge on any atom is -0.200 e. The summed E-state index contributed by atoms with van der Waals surface area (Å²) in [6.07, 6.45) is 1.30. The second kappa shape index (κ2) is 6.79. The first kappa shape index (κ1) is 16.3. The zero-order valence-corrected chi connectivity index (χ0v) is 14.3. The van der Waals surface area contributed by atoms with Crippen LogP contribution >= 0.6 is 39.1 Å². The third-order valence-corrected chi connectivity index (χ3v) is 5.08. The van der Waals surface area contributed by atoms with E-state index in [0.29, 0.717) is 15.6 Å². The molecule has 0 heterocycles. The Bertz CT molecular complexity index is 777. The number of benzene rings is 2. The summed E-state index contributed by atoms with van der Waals surface area (Å²) in [5.74, 6) is 0. The fraction of sp³-hybridized carbons (Fsp3) is 0. The average Bonchev–Trinajstić information content (AvgIpc) is 2.44. The van der Waals surface area contributed by atoms with Crippen LogP contribution in [0.4, 0.5) is 0 Å². The van der Waals surface area contributed by atoms with Crippen LogP contribution in [0.5, 0.6) is 0 Å². The molecule has 110 valence electrons. The lowest BCUT2D eigenvalue weighted by Crippen LogP contribution is -2.18. The van der Waals surface area contributed by atoms with Crippen molar-refractivity contribution in [3.05, 3.63) is 62.5 Å². The fourth-order valence-electron chi connectivity index (χ4n) is 1.45. The van der Waals surface area contributed by atoms with Crippen molar-refractivity contribution in [1.29, 1.82) is 0 Å². The molecule has 8 heteroatoms. The molecule has 2 rings (SSSR count). The molecule has 0 aromatic heterocycles. The summed E-state index contributed by atoms with van der Waals surface area (Å²) < 4.78 is 24.8. The SMILES string of the molecule is O=S(=O)(N/N=C/c1cccc(Cl)c1Cl)c1ccc(Br)cc1. The highest BCUT2D eigenvalue weighted by Crippen LogP contribution is 2.24. The number of nitrogens with zero attached hydrogens (tertiary/aromatic N) is 1. The van der Waals surface area contributed by atoms with Crippen LogP contribution < -0.4 is 4.83 Å². The number of hydrogen-bond acceptors (Lipinski definition) is 3. The van der Waals surface area contributed by atoms with Gasteiger partial charge < -0.3 is 0 Å². The predicted octanol–water partition coefficient (Wildman–Crippen LogP) is 4.07. The van der Waals surface area contributed by atoms with Gasteiger partial charge >= 0.3 is 0 Å². The highest BCUT2D eigenvalue weighted by Gasteiger charge is 2.12. The molecule has 0 saturated carbocycles. The van der Waals surface area contributed by atoms with E-state index in [1.54, 1.807) is 30.3 Å². The van der Waals surface area contributed by atoms with E-state index in [4.69, 9.17) is 23.2 Å². The van der Waals surface area contributed by atoms with E-state index >= 15 is 0 Å². The second-order valence-corrected chi connectivity index (χ2v) is 7.31. The van der Waals surface area contributed by atoms with Crippen molar-refractivity contribution < 1.29 is 8.42 Å². The topological polar surface area (TPSA) is 58.5 Å². The van der Waals surface area contributed by atoms with Crippen molar-refractivity contribution >= 4 is 55.4 Å². The molecule has 21 heavy (non-hydrogen) atoms. The summed E-state index contributed by atoms with van der Waals surface area (Å²) in [4.78, 5) is 2.23. The Morgan fingerprint density at radius 2 is 1.76 bits per heavy atom. The number of rotatable bonds is 4. The molecule has 0 aliphatic heterocycles. The molecular weight excluding hydrogens is 399 g/mol. The van der Waals surface area contributed by atoms with Gasteiger partial charge in [-0.05, 0) is 30.3 Å². The van der Waals surface area contributed by atoms with E-state index < -0.39 is 10.0 Å². The highest BCUT2D eigenvalue weighted by molar-refractivity contribution is 9.10. The molecule has 0 bridgehead atoms. The molecule has 0 aliphatic rings. The third-order valence-electron chi connectivity index (χ3n) is 2.48. The monoisotopic (exact) mass is 406 g/mol. The van der Waals surface area contributed by atoms with Gasteiger partial charge in [-0.2, -0.15) is 13.5 Å². The summed E-state index contributed by atoms with van der Waals surface area (Å²) in [6, 6.07) is 11.2. The van der Waals surface area contributed by atoms with Crippen molar-refractivity contribution in [1.82, 2.24) is 4.83 Å². The molecule has 0 saturated heterocycles. The number of halogens is 3. The van der Waals surface area contributed by atoms with Crippen LogP contribution in [-0.4, -0.2) is 14.6 Å². The summed E-state index contributed by atoms with van der Waals surface area (Å²) in [6.45, 7) is 0. The standard InChI is InChI=1S/C13H9BrCl2N2O2S/c14-10-4-6-11(7-5-10)21(19,20)18-17-8-9-2-1-3-12(15)13(9)16/h1-8,18H/b17-8+. The van der Waals surface area contributed by atoms with Crippen LogP contribution in [0.2, 0.25) is 10.0 Å². The summed E-state index contributed by atoms with van der Waals surface area (Å²) in [5.41, 5.74) is 0.516. The Kier molecular flexibility index (Phi) is 5.27. The van der Waals surface area contributed by atoms with Crippen molar-refractivity contribution in [2.75, 3.05) is 0 Å². The Labute approximate surface area is 141 Å². The van der Waals surface area contributed by atoms with Crippen LogP contribution in [0.1, 0.15) is 5.56 Å². The number of nitrogens with one attached hydrogen (secondary N) is 1. The van der Waals surface area contributed by atoms with E-state index in [1.165, 1.54) is 18.3 Å². The summed E-state index contributed by atoms with van der Waals surface area (Å²) >= 11 is 15.1. The van der Waals surface area contributed by atoms with E-state index in [0.717, 1.165) is 4.47 Å². The lowest BCUT2D eigenvalue weighted by atomic mass is 10.2. The minimum absolute atomic E-state index is 0.111. The molecule has 0 fully saturated rings. The molecule has 0 aliphatic carbocycles. The molecule has 0 unspecified atom stereocenters. The smallest absolute Gasteiger partial charge is 0.200 e. The van der Waals surface area contributed by atoms with Crippen LogP contribution in [0.25, 0.3) is 0 Å². The van der Waals surface area contributed by atoms with Crippen LogP contribution in [0.15, 0.2) is 56.9 Å². The third kappa shape index (κ3) is 4.20. The van der Waals surface area contributed by atoms with Crippen molar-refractivity contribution in [3.8, 4) is 0 Å². The van der Waals surface area contributed by atoms with Gasteiger partial charge in [-0.3, -0.25) is 0 Å². The Balaban J connectivity index is 2.16. The lowest BCUT2D eigenvalue weighted by molar-refractivity contribution is 0.584. The molecule has 0 atom stereocenters. The molecule has 0 spiro atoms. The molecular formula is C13H9BrCl2N2O2S. The quantitative estimate of drug-likeness (QED) is 0.613. The van der Waals surface area contributed by atoms with Gasteiger partial charge in [0.15, 0.2) is 0 Å². The van der Waals surface area contributed by atoms with Crippen LogP contribution in [0.3, 0.4) is 0 Å². The largest absolute Gasteiger partial charge is 0.276 e. The van der Waals surface area contributed by atoms with E-state index in [9.17, 15) is 8.42 Å². The Morgan fingerprint density at radius 3 is 2.43 bits per heavy atom. The Hall–Kier alpha value is -1.08. The first-order valence-corrected chi connectivity index (χ1v) is 8.68. The van der Waals surface area contributed by atoms with Crippen LogP contribution in [-0.2, 0) is 10.0 Å². The molecule has 0 amide bonds. The average molecular weight is 408 g/mol. The molecule has 4 nitrogen and oxygen atoms in total. The van der Waals surface area contributed by atoms with E-state index in [2.05, 4.69) is 25.9 Å². The van der Waals surface area contributed by atoms with Gasteiger partial charge in [0.1, 0.15) is 0 Å². The molecule has 2 aromatic rings. The Morgan fingerprint density at radius 1 is 1.10 bits per heavy atom. The van der Waals surface area contributed by atoms with Crippen molar-refractivity contribution in [2.24, 2.45) is 5.10 Å². The van der Waals surface area contributed by atoms with Crippen molar-refractivity contribution in [3.63, 3.8) is 0 Å². The van der Waals surface area contributed by atoms with E-state index in [-0.39, 0.29) is 4.90 Å². The van der Waals surface area contributed by atoms with E-state index in [1.807, 2.05) is 0 Å². The van der Waals surface area contributed by atoms with Gasteiger partial charge in [0.25, 0.3) is 10.0 Å². The van der Waals surface area contributed by atoms with Gasteiger partial charge in [-0.25, -0.2) is 4.83 Å². The second-order valence-electron chi connectivity index (χ2n) is 3.95. The molecule has 2 aromatic carbocycles. The lowest BCUT2D eigenvalue weighted by Gasteiger charge is -2.04. The van der Waals surface area contributed by atoms with Gasteiger partial charge in [0.05, 0.1) is 21.2 Å². The number of hydrogen-bond donors (Lipinski definition) is 1. The maximum absolute atomic E-state index is 12.0. The zero-order chi connectivity index (χ0) is 15.5. The van der Waals surface area contributed by atoms with Gasteiger partial charge in [-0.1, -0.05) is 51.3 Å². The predicted molar refractivity (Wildman–Crippen MR) is 88.5 cm³/mol. The maximum atomic E-state index is 12.0. The van der Waals surface area contributed by atoms with Gasteiger partial charge in [0.2, 0.25) is 0 Å². The van der Waals surface area contributed by atoms with Crippen molar-refractivity contribution in [2.45, 2.75) is 4.90 Å². The van der Waals surface area contributed by atoms with Crippen LogP contribution in [0, 0.1) is 0 Å². The molecule has 0 radical (unpaired) electrons. The van der Waals surface area contributed by atoms with Gasteiger partial charge in [0, 0.05) is 10.0 Å². The highest BCUT2D eigenvalue weighted by atomic mass is 79.9. The summed E-state index contributed by atoms with van der Waals surface area (Å²) in [7, 11) is -3.71. The zero-order valence-electron chi connectivity index (χ0n) is 10.4. The van der Waals surface area contributed by atoms with Gasteiger partial charge in [-0.15, -0.1) is 0 Å². The molecule has 1 N–H and O–H groups in total. The number of sulfonamides is 1. The normalized spacial score (nSPS) is 11.8. The minimum atomic E-state index is -3.71.